The number of thiazole rings is 1. The first-order valence-corrected chi connectivity index (χ1v) is 6.90. The Morgan fingerprint density at radius 2 is 2.17 bits per heavy atom. The topological polar surface area (TPSA) is 42.4 Å². The van der Waals surface area contributed by atoms with Crippen LogP contribution in [0.15, 0.2) is 30.5 Å². The van der Waals surface area contributed by atoms with E-state index in [4.69, 9.17) is 9.84 Å². The van der Waals surface area contributed by atoms with E-state index in [1.54, 1.807) is 6.20 Å². The van der Waals surface area contributed by atoms with Crippen molar-refractivity contribution in [2.24, 2.45) is 0 Å². The maximum absolute atomic E-state index is 8.96. The number of hydrogen-bond donors (Lipinski definition) is 1. The highest BCUT2D eigenvalue weighted by atomic mass is 32.1. The highest BCUT2D eigenvalue weighted by Crippen LogP contribution is 2.19. The Morgan fingerprint density at radius 1 is 1.33 bits per heavy atom. The van der Waals surface area contributed by atoms with Crippen LogP contribution >= 0.6 is 11.3 Å². The summed E-state index contributed by atoms with van der Waals surface area (Å²) in [5.74, 6) is 0.957. The van der Waals surface area contributed by atoms with Gasteiger partial charge in [0.2, 0.25) is 0 Å². The molecule has 2 aromatic rings. The van der Waals surface area contributed by atoms with Crippen LogP contribution in [0.25, 0.3) is 0 Å². The summed E-state index contributed by atoms with van der Waals surface area (Å²) in [6.45, 7) is 2.81. The molecule has 1 aromatic heterocycles. The van der Waals surface area contributed by atoms with Crippen molar-refractivity contribution in [3.8, 4) is 5.75 Å². The normalized spacial score (nSPS) is 10.6. The van der Waals surface area contributed by atoms with E-state index in [0.717, 1.165) is 28.5 Å². The molecule has 0 saturated heterocycles. The Balaban J connectivity index is 1.88. The molecule has 0 radical (unpaired) electrons. The third kappa shape index (κ3) is 3.31. The van der Waals surface area contributed by atoms with Gasteiger partial charge in [-0.25, -0.2) is 4.98 Å². The standard InChI is InChI=1S/C14H17NO2S/c1-2-11-5-3-4-6-13(11)17-8-7-14-15-9-12(10-16)18-14/h3-6,9,16H,2,7-8,10H2,1H3. The van der Waals surface area contributed by atoms with E-state index in [1.807, 2.05) is 18.2 Å². The average Bonchev–Trinajstić information content (AvgIpc) is 2.87. The zero-order chi connectivity index (χ0) is 12.8. The molecule has 3 nitrogen and oxygen atoms in total. The summed E-state index contributed by atoms with van der Waals surface area (Å²) >= 11 is 1.54. The molecule has 96 valence electrons. The van der Waals surface area contributed by atoms with Crippen molar-refractivity contribution < 1.29 is 9.84 Å². The molecule has 18 heavy (non-hydrogen) atoms. The molecule has 0 spiro atoms. The second kappa shape index (κ2) is 6.52. The third-order valence-corrected chi connectivity index (χ3v) is 3.73. The zero-order valence-electron chi connectivity index (χ0n) is 10.4. The predicted octanol–water partition coefficient (Wildman–Crippen LogP) is 2.82. The van der Waals surface area contributed by atoms with E-state index in [9.17, 15) is 0 Å². The van der Waals surface area contributed by atoms with Crippen LogP contribution in [-0.2, 0) is 19.4 Å². The molecule has 0 amide bonds. The number of benzene rings is 1. The number of nitrogens with zero attached hydrogens (tertiary/aromatic N) is 1. The van der Waals surface area contributed by atoms with Crippen LogP contribution in [0.5, 0.6) is 5.75 Å². The Labute approximate surface area is 111 Å². The Kier molecular flexibility index (Phi) is 4.73. The molecule has 0 bridgehead atoms. The van der Waals surface area contributed by atoms with Crippen molar-refractivity contribution >= 4 is 11.3 Å². The minimum Gasteiger partial charge on any atom is -0.493 e. The van der Waals surface area contributed by atoms with Crippen molar-refractivity contribution in [3.05, 3.63) is 45.9 Å². The molecular weight excluding hydrogens is 246 g/mol. The van der Waals surface area contributed by atoms with Crippen LogP contribution in [-0.4, -0.2) is 16.7 Å². The van der Waals surface area contributed by atoms with Gasteiger partial charge in [0.1, 0.15) is 5.75 Å². The van der Waals surface area contributed by atoms with E-state index in [-0.39, 0.29) is 6.61 Å². The van der Waals surface area contributed by atoms with Crippen LogP contribution in [0, 0.1) is 0 Å². The maximum Gasteiger partial charge on any atom is 0.122 e. The minimum atomic E-state index is 0.0667. The molecule has 2 rings (SSSR count). The molecule has 0 aliphatic heterocycles. The Morgan fingerprint density at radius 3 is 2.89 bits per heavy atom. The highest BCUT2D eigenvalue weighted by Gasteiger charge is 2.03. The first-order chi connectivity index (χ1) is 8.83. The fourth-order valence-electron chi connectivity index (χ4n) is 1.72. The van der Waals surface area contributed by atoms with Crippen LogP contribution < -0.4 is 4.74 Å². The molecule has 1 N–H and O–H groups in total. The van der Waals surface area contributed by atoms with Gasteiger partial charge in [-0.15, -0.1) is 11.3 Å². The SMILES string of the molecule is CCc1ccccc1OCCc1ncc(CO)s1. The number of aliphatic hydroxyl groups excluding tert-OH is 1. The fourth-order valence-corrected chi connectivity index (χ4v) is 2.49. The molecule has 0 atom stereocenters. The number of para-hydroxylation sites is 1. The fraction of sp³-hybridized carbons (Fsp3) is 0.357. The van der Waals surface area contributed by atoms with Crippen molar-refractivity contribution in [3.63, 3.8) is 0 Å². The number of aryl methyl sites for hydroxylation is 1. The zero-order valence-corrected chi connectivity index (χ0v) is 11.2. The van der Waals surface area contributed by atoms with Gasteiger partial charge in [-0.3, -0.25) is 0 Å². The quantitative estimate of drug-likeness (QED) is 0.871. The second-order valence-electron chi connectivity index (χ2n) is 3.94. The van der Waals surface area contributed by atoms with Crippen molar-refractivity contribution in [2.45, 2.75) is 26.4 Å². The summed E-state index contributed by atoms with van der Waals surface area (Å²) in [5, 5.41) is 9.97. The number of hydrogen-bond acceptors (Lipinski definition) is 4. The summed E-state index contributed by atoms with van der Waals surface area (Å²) < 4.78 is 5.78. The second-order valence-corrected chi connectivity index (χ2v) is 5.14. The van der Waals surface area contributed by atoms with Crippen LogP contribution in [0.1, 0.15) is 22.4 Å². The molecule has 0 aliphatic carbocycles. The van der Waals surface area contributed by atoms with E-state index < -0.39 is 0 Å². The monoisotopic (exact) mass is 263 g/mol. The number of rotatable bonds is 6. The van der Waals surface area contributed by atoms with Gasteiger partial charge >= 0.3 is 0 Å². The van der Waals surface area contributed by atoms with E-state index in [0.29, 0.717) is 6.61 Å². The molecule has 4 heteroatoms. The largest absolute Gasteiger partial charge is 0.493 e. The van der Waals surface area contributed by atoms with Gasteiger partial charge in [-0.1, -0.05) is 25.1 Å². The van der Waals surface area contributed by atoms with Gasteiger partial charge in [0.25, 0.3) is 0 Å². The summed E-state index contributed by atoms with van der Waals surface area (Å²) in [7, 11) is 0. The van der Waals surface area contributed by atoms with Gasteiger partial charge in [-0.05, 0) is 18.1 Å². The minimum absolute atomic E-state index is 0.0667. The summed E-state index contributed by atoms with van der Waals surface area (Å²) in [4.78, 5) is 5.14. The van der Waals surface area contributed by atoms with Gasteiger partial charge in [0.15, 0.2) is 0 Å². The molecule has 0 saturated carbocycles. The van der Waals surface area contributed by atoms with Crippen molar-refractivity contribution in [2.75, 3.05) is 6.61 Å². The van der Waals surface area contributed by atoms with Gasteiger partial charge in [0.05, 0.1) is 23.1 Å². The third-order valence-electron chi connectivity index (χ3n) is 2.68. The number of aromatic nitrogens is 1. The smallest absolute Gasteiger partial charge is 0.122 e. The van der Waals surface area contributed by atoms with E-state index in [1.165, 1.54) is 16.9 Å². The number of ether oxygens (including phenoxy) is 1. The van der Waals surface area contributed by atoms with Crippen LogP contribution in [0.3, 0.4) is 0 Å². The maximum atomic E-state index is 8.96. The lowest BCUT2D eigenvalue weighted by Gasteiger charge is -2.09. The van der Waals surface area contributed by atoms with Crippen LogP contribution in [0.4, 0.5) is 0 Å². The van der Waals surface area contributed by atoms with Crippen molar-refractivity contribution in [1.29, 1.82) is 0 Å². The van der Waals surface area contributed by atoms with Gasteiger partial charge in [0, 0.05) is 12.6 Å². The predicted molar refractivity (Wildman–Crippen MR) is 73.1 cm³/mol. The van der Waals surface area contributed by atoms with E-state index >= 15 is 0 Å². The van der Waals surface area contributed by atoms with Gasteiger partial charge < -0.3 is 9.84 Å². The molecule has 1 aromatic carbocycles. The highest BCUT2D eigenvalue weighted by molar-refractivity contribution is 7.11. The molecular formula is C14H17NO2S. The number of aliphatic hydroxyl groups is 1. The average molecular weight is 263 g/mol. The van der Waals surface area contributed by atoms with Gasteiger partial charge in [-0.2, -0.15) is 0 Å². The van der Waals surface area contributed by atoms with E-state index in [2.05, 4.69) is 18.0 Å². The summed E-state index contributed by atoms with van der Waals surface area (Å²) in [5.41, 5.74) is 1.23. The first-order valence-electron chi connectivity index (χ1n) is 6.08. The molecule has 0 aliphatic rings. The van der Waals surface area contributed by atoms with Crippen molar-refractivity contribution in [1.82, 2.24) is 4.98 Å². The lowest BCUT2D eigenvalue weighted by molar-refractivity contribution is 0.285. The Bertz CT molecular complexity index is 496. The lowest BCUT2D eigenvalue weighted by Crippen LogP contribution is -2.02. The molecule has 1 heterocycles. The lowest BCUT2D eigenvalue weighted by atomic mass is 10.1. The van der Waals surface area contributed by atoms with Crippen LogP contribution in [0.2, 0.25) is 0 Å². The Hall–Kier alpha value is -1.39. The summed E-state index contributed by atoms with van der Waals surface area (Å²) in [6, 6.07) is 8.10. The summed E-state index contributed by atoms with van der Waals surface area (Å²) in [6.07, 6.45) is 3.48. The first kappa shape index (κ1) is 13.1. The molecule has 0 unspecified atom stereocenters. The molecule has 0 fully saturated rings.